The Morgan fingerprint density at radius 3 is 2.53 bits per heavy atom. The van der Waals surface area contributed by atoms with E-state index in [9.17, 15) is 14.7 Å². The summed E-state index contributed by atoms with van der Waals surface area (Å²) in [7, 11) is 0. The highest BCUT2D eigenvalue weighted by Crippen LogP contribution is 2.63. The number of carbonyl (C=O) groups excluding carboxylic acids is 2. The molecular weight excluding hydrogens is 475 g/mol. The van der Waals surface area contributed by atoms with Gasteiger partial charge in [0.2, 0.25) is 0 Å². The van der Waals surface area contributed by atoms with E-state index in [1.54, 1.807) is 47.4 Å². The van der Waals surface area contributed by atoms with Crippen molar-refractivity contribution in [1.29, 1.82) is 0 Å². The monoisotopic (exact) mass is 494 g/mol. The van der Waals surface area contributed by atoms with Crippen molar-refractivity contribution in [2.75, 3.05) is 11.9 Å². The number of ether oxygens (including phenoxy) is 1. The maximum absolute atomic E-state index is 13.6. The summed E-state index contributed by atoms with van der Waals surface area (Å²) in [5, 5.41) is 15.4. The van der Waals surface area contributed by atoms with Gasteiger partial charge >= 0.3 is 0 Å². The third kappa shape index (κ3) is 2.89. The van der Waals surface area contributed by atoms with Crippen LogP contribution in [0, 0.1) is 5.92 Å². The second-order valence-electron chi connectivity index (χ2n) is 8.96. The fraction of sp³-hybridized carbons (Fsp3) is 0.231. The molecule has 3 aromatic rings. The quantitative estimate of drug-likeness (QED) is 0.568. The summed E-state index contributed by atoms with van der Waals surface area (Å²) in [4.78, 5) is 28.7. The molecule has 2 amide bonds. The summed E-state index contributed by atoms with van der Waals surface area (Å²) in [6, 6.07) is 21.7. The summed E-state index contributed by atoms with van der Waals surface area (Å²) < 4.78 is 6.25. The van der Waals surface area contributed by atoms with E-state index in [1.807, 2.05) is 30.3 Å². The highest BCUT2D eigenvalue weighted by molar-refractivity contribution is 6.35. The molecule has 3 aliphatic heterocycles. The Balaban J connectivity index is 1.50. The summed E-state index contributed by atoms with van der Waals surface area (Å²) in [5.41, 5.74) is 1.07. The first-order valence-corrected chi connectivity index (χ1v) is 11.7. The van der Waals surface area contributed by atoms with Gasteiger partial charge in [0.25, 0.3) is 17.6 Å². The van der Waals surface area contributed by atoms with Crippen molar-refractivity contribution >= 4 is 40.7 Å². The number of nitrogens with zero attached hydrogens (tertiary/aromatic N) is 1. The molecule has 172 valence electrons. The molecule has 1 spiro atoms. The number of benzene rings is 3. The Morgan fingerprint density at radius 1 is 1.03 bits per heavy atom. The smallest absolute Gasteiger partial charge is 0.283 e. The van der Waals surface area contributed by atoms with Gasteiger partial charge in [-0.05, 0) is 29.3 Å². The molecule has 3 heterocycles. The van der Waals surface area contributed by atoms with Gasteiger partial charge in [-0.1, -0.05) is 77.8 Å². The number of amides is 2. The fourth-order valence-corrected chi connectivity index (χ4v) is 6.19. The largest absolute Gasteiger partial charge is 0.358 e. The molecule has 0 aliphatic carbocycles. The van der Waals surface area contributed by atoms with Gasteiger partial charge in [0, 0.05) is 40.3 Å². The summed E-state index contributed by atoms with van der Waals surface area (Å²) in [5.74, 6) is -4.65. The number of aliphatic hydroxyl groups is 1. The van der Waals surface area contributed by atoms with Crippen molar-refractivity contribution < 1.29 is 19.4 Å². The van der Waals surface area contributed by atoms with Gasteiger partial charge in [-0.3, -0.25) is 9.59 Å². The van der Waals surface area contributed by atoms with Crippen LogP contribution in [0.25, 0.3) is 0 Å². The lowest BCUT2D eigenvalue weighted by molar-refractivity contribution is -0.225. The molecule has 0 bridgehead atoms. The van der Waals surface area contributed by atoms with E-state index in [0.29, 0.717) is 33.4 Å². The molecule has 0 saturated carbocycles. The van der Waals surface area contributed by atoms with Gasteiger partial charge in [0.15, 0.2) is 5.60 Å². The van der Waals surface area contributed by atoms with Gasteiger partial charge in [0.05, 0.1) is 5.92 Å². The lowest BCUT2D eigenvalue weighted by Crippen LogP contribution is -2.47. The van der Waals surface area contributed by atoms with Crippen molar-refractivity contribution in [1.82, 2.24) is 4.90 Å². The number of halogens is 2. The predicted octanol–water partition coefficient (Wildman–Crippen LogP) is 4.30. The SMILES string of the molecule is O=C1N(Cc2ccccc2)C[C@@H]2[C@@H](c3ccc(Cl)cc3Cl)[C@]3(O[C@]12O)C(=O)Nc1ccccc13. The van der Waals surface area contributed by atoms with Crippen molar-refractivity contribution in [3.05, 3.63) is 99.5 Å². The first kappa shape index (κ1) is 21.6. The van der Waals surface area contributed by atoms with Gasteiger partial charge in [0.1, 0.15) is 0 Å². The van der Waals surface area contributed by atoms with E-state index in [2.05, 4.69) is 5.32 Å². The Hall–Kier alpha value is -2.90. The van der Waals surface area contributed by atoms with Crippen LogP contribution in [0.15, 0.2) is 72.8 Å². The van der Waals surface area contributed by atoms with Crippen molar-refractivity contribution in [2.24, 2.45) is 5.92 Å². The molecule has 6 nitrogen and oxygen atoms in total. The molecular formula is C26H20Cl2N2O4. The third-order valence-electron chi connectivity index (χ3n) is 7.10. The van der Waals surface area contributed by atoms with E-state index in [1.165, 1.54) is 0 Å². The third-order valence-corrected chi connectivity index (χ3v) is 7.66. The fourth-order valence-electron chi connectivity index (χ4n) is 5.67. The molecule has 0 radical (unpaired) electrons. The Morgan fingerprint density at radius 2 is 1.76 bits per heavy atom. The molecule has 6 rings (SSSR count). The zero-order chi connectivity index (χ0) is 23.7. The molecule has 0 aromatic heterocycles. The number of fused-ring (bicyclic) bond motifs is 3. The zero-order valence-electron chi connectivity index (χ0n) is 17.9. The Bertz CT molecular complexity index is 1330. The lowest BCUT2D eigenvalue weighted by Gasteiger charge is -2.33. The van der Waals surface area contributed by atoms with Crippen molar-refractivity contribution in [3.8, 4) is 0 Å². The predicted molar refractivity (Wildman–Crippen MR) is 127 cm³/mol. The maximum atomic E-state index is 13.6. The van der Waals surface area contributed by atoms with Crippen LogP contribution < -0.4 is 5.32 Å². The van der Waals surface area contributed by atoms with Crippen LogP contribution in [0.1, 0.15) is 22.6 Å². The average Bonchev–Trinajstić information content (AvgIpc) is 3.34. The first-order chi connectivity index (χ1) is 16.3. The number of likely N-dealkylation sites (tertiary alicyclic amines) is 1. The second kappa shape index (κ2) is 7.55. The number of para-hydroxylation sites is 1. The minimum Gasteiger partial charge on any atom is -0.358 e. The number of hydrogen-bond donors (Lipinski definition) is 2. The molecule has 4 atom stereocenters. The molecule has 3 aliphatic rings. The van der Waals surface area contributed by atoms with Crippen LogP contribution in [0.5, 0.6) is 0 Å². The molecule has 2 saturated heterocycles. The van der Waals surface area contributed by atoms with Crippen LogP contribution in [0.3, 0.4) is 0 Å². The van der Waals surface area contributed by atoms with Crippen LogP contribution >= 0.6 is 23.2 Å². The van der Waals surface area contributed by atoms with E-state index in [-0.39, 0.29) is 6.54 Å². The Labute approximate surface area is 206 Å². The molecule has 34 heavy (non-hydrogen) atoms. The summed E-state index contributed by atoms with van der Waals surface area (Å²) >= 11 is 12.8. The van der Waals surface area contributed by atoms with E-state index in [4.69, 9.17) is 27.9 Å². The van der Waals surface area contributed by atoms with Crippen LogP contribution in [-0.2, 0) is 26.5 Å². The van der Waals surface area contributed by atoms with E-state index in [0.717, 1.165) is 5.56 Å². The number of rotatable bonds is 3. The first-order valence-electron chi connectivity index (χ1n) is 11.0. The van der Waals surface area contributed by atoms with Crippen molar-refractivity contribution in [2.45, 2.75) is 23.9 Å². The van der Waals surface area contributed by atoms with Crippen LogP contribution in [0.2, 0.25) is 10.0 Å². The normalized spacial score (nSPS) is 29.4. The zero-order valence-corrected chi connectivity index (χ0v) is 19.4. The highest BCUT2D eigenvalue weighted by Gasteiger charge is 2.74. The molecule has 2 fully saturated rings. The molecule has 2 N–H and O–H groups in total. The topological polar surface area (TPSA) is 78.9 Å². The molecule has 8 heteroatoms. The second-order valence-corrected chi connectivity index (χ2v) is 9.80. The lowest BCUT2D eigenvalue weighted by atomic mass is 9.72. The standard InChI is InChI=1S/C26H20Cl2N2O4/c27-16-10-11-17(20(28)12-16)22-19-14-30(13-15-6-2-1-3-7-15)24(32)26(19,33)34-25(22)18-8-4-5-9-21(18)29-23(25)31/h1-12,19,22,33H,13-14H2,(H,29,31)/t19-,22-,25+,26+/m1/s1. The Kier molecular flexibility index (Phi) is 4.80. The highest BCUT2D eigenvalue weighted by atomic mass is 35.5. The summed E-state index contributed by atoms with van der Waals surface area (Å²) in [6.07, 6.45) is 0. The van der Waals surface area contributed by atoms with Gasteiger partial charge in [-0.2, -0.15) is 0 Å². The van der Waals surface area contributed by atoms with Crippen molar-refractivity contribution in [3.63, 3.8) is 0 Å². The van der Waals surface area contributed by atoms with Crippen LogP contribution in [-0.4, -0.2) is 34.2 Å². The summed E-state index contributed by atoms with van der Waals surface area (Å²) in [6.45, 7) is 0.518. The minimum absolute atomic E-state index is 0.199. The van der Waals surface area contributed by atoms with Gasteiger partial charge < -0.3 is 20.1 Å². The number of nitrogens with one attached hydrogen (secondary N) is 1. The number of hydrogen-bond acceptors (Lipinski definition) is 4. The van der Waals surface area contributed by atoms with Gasteiger partial charge in [-0.25, -0.2) is 0 Å². The van der Waals surface area contributed by atoms with Crippen LogP contribution in [0.4, 0.5) is 5.69 Å². The number of anilines is 1. The average molecular weight is 495 g/mol. The molecule has 0 unspecified atom stereocenters. The number of carbonyl (C=O) groups is 2. The minimum atomic E-state index is -2.18. The maximum Gasteiger partial charge on any atom is 0.283 e. The van der Waals surface area contributed by atoms with E-state index >= 15 is 0 Å². The van der Waals surface area contributed by atoms with Gasteiger partial charge in [-0.15, -0.1) is 0 Å². The molecule has 3 aromatic carbocycles. The van der Waals surface area contributed by atoms with E-state index < -0.39 is 35.0 Å².